The fourth-order valence-electron chi connectivity index (χ4n) is 2.53. The lowest BCUT2D eigenvalue weighted by molar-refractivity contribution is 0.0232. The minimum atomic E-state index is -0.0431. The molecule has 1 heterocycles. The number of rotatable bonds is 4. The molecular weight excluding hydrogens is 266 g/mol. The van der Waals surface area contributed by atoms with Gasteiger partial charge in [-0.2, -0.15) is 0 Å². The number of anilines is 1. The third-order valence-corrected chi connectivity index (χ3v) is 3.82. The highest BCUT2D eigenvalue weighted by molar-refractivity contribution is 5.89. The van der Waals surface area contributed by atoms with Gasteiger partial charge in [0.1, 0.15) is 0 Å². The zero-order chi connectivity index (χ0) is 15.2. The Kier molecular flexibility index (Phi) is 5.59. The lowest BCUT2D eigenvalue weighted by Crippen LogP contribution is -2.43. The first-order valence-corrected chi connectivity index (χ1v) is 7.63. The Balaban J connectivity index is 1.84. The summed E-state index contributed by atoms with van der Waals surface area (Å²) in [5.41, 5.74) is 7.67. The van der Waals surface area contributed by atoms with Crippen molar-refractivity contribution in [2.45, 2.75) is 38.8 Å². The molecule has 1 saturated heterocycles. The Morgan fingerprint density at radius 2 is 2.00 bits per heavy atom. The van der Waals surface area contributed by atoms with E-state index in [1.165, 1.54) is 0 Å². The van der Waals surface area contributed by atoms with E-state index < -0.39 is 0 Å². The zero-order valence-corrected chi connectivity index (χ0v) is 12.8. The van der Waals surface area contributed by atoms with Crippen LogP contribution in [-0.4, -0.2) is 36.7 Å². The van der Waals surface area contributed by atoms with E-state index in [9.17, 15) is 4.79 Å². The molecule has 5 heteroatoms. The molecule has 0 bridgehead atoms. The van der Waals surface area contributed by atoms with Crippen LogP contribution in [0.3, 0.4) is 0 Å². The van der Waals surface area contributed by atoms with Gasteiger partial charge in [0, 0.05) is 31.4 Å². The van der Waals surface area contributed by atoms with E-state index in [0.717, 1.165) is 43.8 Å². The second-order valence-corrected chi connectivity index (χ2v) is 5.48. The largest absolute Gasteiger partial charge is 0.378 e. The number of nitrogens with two attached hydrogens (primary N) is 1. The number of carbonyl (C=O) groups excluding carboxylic acids is 1. The van der Waals surface area contributed by atoms with Gasteiger partial charge in [0.05, 0.1) is 6.10 Å². The molecule has 1 atom stereocenters. The van der Waals surface area contributed by atoms with E-state index in [4.69, 9.17) is 10.5 Å². The molecule has 116 valence electrons. The first-order valence-electron chi connectivity index (χ1n) is 7.63. The van der Waals surface area contributed by atoms with Gasteiger partial charge in [-0.15, -0.1) is 0 Å². The van der Waals surface area contributed by atoms with Crippen LogP contribution in [0.1, 0.15) is 38.3 Å². The number of likely N-dealkylation sites (tertiary alicyclic amines) is 1. The number of carbonyl (C=O) groups is 1. The van der Waals surface area contributed by atoms with Crippen molar-refractivity contribution in [1.82, 2.24) is 4.90 Å². The fourth-order valence-corrected chi connectivity index (χ4v) is 2.53. The fraction of sp³-hybridized carbons (Fsp3) is 0.562. The van der Waals surface area contributed by atoms with Crippen LogP contribution >= 0.6 is 0 Å². The van der Waals surface area contributed by atoms with Crippen molar-refractivity contribution in [3.8, 4) is 0 Å². The molecule has 0 radical (unpaired) electrons. The predicted molar refractivity (Wildman–Crippen MR) is 84.3 cm³/mol. The van der Waals surface area contributed by atoms with Gasteiger partial charge < -0.3 is 20.7 Å². The zero-order valence-electron chi connectivity index (χ0n) is 12.8. The number of nitrogens with one attached hydrogen (secondary N) is 1. The summed E-state index contributed by atoms with van der Waals surface area (Å²) in [5.74, 6) is 0. The van der Waals surface area contributed by atoms with E-state index in [0.29, 0.717) is 6.10 Å². The van der Waals surface area contributed by atoms with E-state index in [2.05, 4.69) is 5.32 Å². The van der Waals surface area contributed by atoms with Crippen LogP contribution in [0, 0.1) is 0 Å². The molecule has 0 aliphatic carbocycles. The van der Waals surface area contributed by atoms with Crippen LogP contribution in [0.2, 0.25) is 0 Å². The molecule has 2 rings (SSSR count). The molecule has 2 amide bonds. The number of nitrogens with zero attached hydrogens (tertiary/aromatic N) is 1. The summed E-state index contributed by atoms with van der Waals surface area (Å²) in [6.07, 6.45) is 2.11. The lowest BCUT2D eigenvalue weighted by Gasteiger charge is -2.31. The summed E-state index contributed by atoms with van der Waals surface area (Å²) in [6, 6.07) is 7.64. The summed E-state index contributed by atoms with van der Waals surface area (Å²) in [7, 11) is 0. The molecule has 0 spiro atoms. The molecule has 21 heavy (non-hydrogen) atoms. The topological polar surface area (TPSA) is 67.6 Å². The highest BCUT2D eigenvalue weighted by Gasteiger charge is 2.22. The molecule has 3 N–H and O–H groups in total. The highest BCUT2D eigenvalue weighted by atomic mass is 16.5. The van der Waals surface area contributed by atoms with Crippen LogP contribution in [0.15, 0.2) is 24.3 Å². The maximum Gasteiger partial charge on any atom is 0.321 e. The molecule has 5 nitrogen and oxygen atoms in total. The van der Waals surface area contributed by atoms with Crippen molar-refractivity contribution < 1.29 is 9.53 Å². The van der Waals surface area contributed by atoms with Crippen molar-refractivity contribution in [2.75, 3.05) is 25.0 Å². The number of ether oxygens (including phenoxy) is 1. The summed E-state index contributed by atoms with van der Waals surface area (Å²) in [4.78, 5) is 14.0. The van der Waals surface area contributed by atoms with Gasteiger partial charge >= 0.3 is 6.03 Å². The SMILES string of the molecule is CCOC1CCN(C(=O)Nc2ccc(C(C)N)cc2)CC1. The molecule has 1 aliphatic rings. The first kappa shape index (κ1) is 15.8. The van der Waals surface area contributed by atoms with E-state index in [1.807, 2.05) is 43.0 Å². The number of amides is 2. The van der Waals surface area contributed by atoms with E-state index in [-0.39, 0.29) is 12.1 Å². The van der Waals surface area contributed by atoms with Crippen molar-refractivity contribution in [3.05, 3.63) is 29.8 Å². The minimum absolute atomic E-state index is 0.00680. The normalized spacial score (nSPS) is 17.6. The Hall–Kier alpha value is -1.59. The van der Waals surface area contributed by atoms with Crippen molar-refractivity contribution >= 4 is 11.7 Å². The number of urea groups is 1. The van der Waals surface area contributed by atoms with Gasteiger partial charge in [0.15, 0.2) is 0 Å². The van der Waals surface area contributed by atoms with Crippen molar-refractivity contribution in [3.63, 3.8) is 0 Å². The van der Waals surface area contributed by atoms with Crippen molar-refractivity contribution in [2.24, 2.45) is 5.73 Å². The van der Waals surface area contributed by atoms with Gasteiger partial charge in [-0.3, -0.25) is 0 Å². The van der Waals surface area contributed by atoms with E-state index in [1.54, 1.807) is 0 Å². The molecule has 0 aromatic heterocycles. The Labute approximate surface area is 126 Å². The van der Waals surface area contributed by atoms with Crippen molar-refractivity contribution in [1.29, 1.82) is 0 Å². The predicted octanol–water partition coefficient (Wildman–Crippen LogP) is 2.74. The third kappa shape index (κ3) is 4.44. The van der Waals surface area contributed by atoms with Crippen LogP contribution in [-0.2, 0) is 4.74 Å². The number of piperidine rings is 1. The molecule has 1 fully saturated rings. The summed E-state index contributed by atoms with van der Waals surface area (Å²) >= 11 is 0. The second kappa shape index (κ2) is 7.43. The quantitative estimate of drug-likeness (QED) is 0.896. The lowest BCUT2D eigenvalue weighted by atomic mass is 10.1. The monoisotopic (exact) mass is 291 g/mol. The minimum Gasteiger partial charge on any atom is -0.378 e. The summed E-state index contributed by atoms with van der Waals surface area (Å²) in [6.45, 7) is 6.17. The summed E-state index contributed by atoms with van der Waals surface area (Å²) < 4.78 is 5.59. The van der Waals surface area contributed by atoms with Gasteiger partial charge in [0.2, 0.25) is 0 Å². The van der Waals surface area contributed by atoms with Crippen LogP contribution < -0.4 is 11.1 Å². The van der Waals surface area contributed by atoms with Crippen LogP contribution in [0.25, 0.3) is 0 Å². The molecule has 1 aromatic rings. The Morgan fingerprint density at radius 1 is 1.38 bits per heavy atom. The molecule has 1 aliphatic heterocycles. The standard InChI is InChI=1S/C16H25N3O2/c1-3-21-15-8-10-19(11-9-15)16(20)18-14-6-4-13(5-7-14)12(2)17/h4-7,12,15H,3,8-11,17H2,1-2H3,(H,18,20). The first-order chi connectivity index (χ1) is 10.1. The molecular formula is C16H25N3O2. The number of benzene rings is 1. The Morgan fingerprint density at radius 3 is 2.52 bits per heavy atom. The molecule has 1 aromatic carbocycles. The molecule has 1 unspecified atom stereocenters. The average molecular weight is 291 g/mol. The van der Waals surface area contributed by atoms with Crippen LogP contribution in [0.4, 0.5) is 10.5 Å². The smallest absolute Gasteiger partial charge is 0.321 e. The van der Waals surface area contributed by atoms with Gasteiger partial charge in [-0.1, -0.05) is 12.1 Å². The Bertz CT molecular complexity index is 451. The number of hydrogen-bond donors (Lipinski definition) is 2. The van der Waals surface area contributed by atoms with Gasteiger partial charge in [-0.25, -0.2) is 4.79 Å². The maximum absolute atomic E-state index is 12.2. The average Bonchev–Trinajstić information content (AvgIpc) is 2.49. The second-order valence-electron chi connectivity index (χ2n) is 5.48. The highest BCUT2D eigenvalue weighted by Crippen LogP contribution is 2.17. The van der Waals surface area contributed by atoms with E-state index >= 15 is 0 Å². The van der Waals surface area contributed by atoms with Gasteiger partial charge in [-0.05, 0) is 44.4 Å². The third-order valence-electron chi connectivity index (χ3n) is 3.82. The van der Waals surface area contributed by atoms with Gasteiger partial charge in [0.25, 0.3) is 0 Å². The number of hydrogen-bond acceptors (Lipinski definition) is 3. The molecule has 0 saturated carbocycles. The van der Waals surface area contributed by atoms with Crippen LogP contribution in [0.5, 0.6) is 0 Å². The summed E-state index contributed by atoms with van der Waals surface area (Å²) in [5, 5.41) is 2.93. The maximum atomic E-state index is 12.2.